The van der Waals surface area contributed by atoms with Crippen molar-refractivity contribution in [3.63, 3.8) is 0 Å². The van der Waals surface area contributed by atoms with E-state index in [-0.39, 0.29) is 37.1 Å². The van der Waals surface area contributed by atoms with Gasteiger partial charge in [0.05, 0.1) is 0 Å². The Hall–Kier alpha value is -2.75. The molecule has 0 spiro atoms. The van der Waals surface area contributed by atoms with E-state index in [1.807, 2.05) is 59.9 Å². The zero-order valence-electron chi connectivity index (χ0n) is 21.6. The second-order valence-corrected chi connectivity index (χ2v) is 11.1. The molecule has 1 radical (unpaired) electrons. The number of carbonyl (C=O) groups is 1. The number of rotatable bonds is 1. The van der Waals surface area contributed by atoms with Crippen LogP contribution in [0.3, 0.4) is 0 Å². The minimum absolute atomic E-state index is 0. The first-order valence-electron chi connectivity index (χ1n) is 11.6. The molecule has 3 aromatic carbocycles. The van der Waals surface area contributed by atoms with Crippen LogP contribution in [0.2, 0.25) is 0 Å². The number of nitrogens with zero attached hydrogens (tertiary/aromatic N) is 1. The van der Waals surface area contributed by atoms with Gasteiger partial charge in [-0.3, -0.25) is 4.79 Å². The number of furan rings is 1. The van der Waals surface area contributed by atoms with Gasteiger partial charge in [-0.05, 0) is 17.5 Å². The van der Waals surface area contributed by atoms with Crippen molar-refractivity contribution in [2.75, 3.05) is 0 Å². The molecule has 0 saturated heterocycles. The van der Waals surface area contributed by atoms with Gasteiger partial charge >= 0.3 is 0 Å². The molecule has 0 unspecified atom stereocenters. The van der Waals surface area contributed by atoms with Gasteiger partial charge in [-0.25, -0.2) is 0 Å². The number of fused-ring (bicyclic) bond motifs is 3. The monoisotopic (exact) mass is 647 g/mol. The van der Waals surface area contributed by atoms with E-state index in [0.717, 1.165) is 33.0 Å². The van der Waals surface area contributed by atoms with Crippen molar-refractivity contribution in [2.24, 2.45) is 10.8 Å². The molecule has 2 aromatic heterocycles. The summed E-state index contributed by atoms with van der Waals surface area (Å²) < 4.78 is 6.00. The number of benzene rings is 3. The largest absolute Gasteiger partial charge is 0.512 e. The number of carbonyl (C=O) groups excluding carboxylic acids is 1. The Morgan fingerprint density at radius 1 is 0.971 bits per heavy atom. The van der Waals surface area contributed by atoms with Gasteiger partial charge in [0.15, 0.2) is 5.78 Å². The van der Waals surface area contributed by atoms with Crippen LogP contribution in [0.1, 0.15) is 52.7 Å². The molecule has 2 heterocycles. The van der Waals surface area contributed by atoms with Crippen molar-refractivity contribution in [2.45, 2.75) is 55.4 Å². The molecule has 0 aliphatic carbocycles. The third kappa shape index (κ3) is 4.98. The molecule has 0 amide bonds. The van der Waals surface area contributed by atoms with Crippen molar-refractivity contribution >= 4 is 49.4 Å². The van der Waals surface area contributed by atoms with Gasteiger partial charge in [0, 0.05) is 59.5 Å². The Balaban J connectivity index is 0.000000216. The average Bonchev–Trinajstić information content (AvgIpc) is 3.11. The predicted octanol–water partition coefficient (Wildman–Crippen LogP) is 8.23. The van der Waals surface area contributed by atoms with Gasteiger partial charge in [-0.15, -0.1) is 28.6 Å². The smallest absolute Gasteiger partial charge is 0.164 e. The van der Waals surface area contributed by atoms with Crippen LogP contribution in [0, 0.1) is 30.7 Å². The Bertz CT molecular complexity index is 1560. The number of hydrogen-bond acceptors (Lipinski definition) is 4. The number of aliphatic hydroxyl groups excluding tert-OH is 1. The zero-order valence-corrected chi connectivity index (χ0v) is 24.0. The van der Waals surface area contributed by atoms with E-state index in [1.165, 1.54) is 27.8 Å². The van der Waals surface area contributed by atoms with E-state index >= 15 is 0 Å². The number of hydrogen-bond donors (Lipinski definition) is 1. The summed E-state index contributed by atoms with van der Waals surface area (Å²) in [6.07, 6.45) is 3.15. The maximum atomic E-state index is 11.5. The molecule has 0 aliphatic heterocycles. The fourth-order valence-electron chi connectivity index (χ4n) is 4.13. The van der Waals surface area contributed by atoms with E-state index in [1.54, 1.807) is 0 Å². The van der Waals surface area contributed by atoms with Crippen LogP contribution in [-0.2, 0) is 24.9 Å². The van der Waals surface area contributed by atoms with E-state index in [0.29, 0.717) is 0 Å². The number of aryl methyl sites for hydroxylation is 2. The summed E-state index contributed by atoms with van der Waals surface area (Å²) in [5.74, 6) is 0.104. The van der Waals surface area contributed by atoms with Gasteiger partial charge in [0.25, 0.3) is 0 Å². The molecule has 5 rings (SSSR count). The number of aliphatic hydroxyl groups is 1. The molecule has 0 bridgehead atoms. The number of allylic oxidation sites excluding steroid dienone is 2. The molecule has 0 aliphatic rings. The molecule has 185 valence electrons. The molecule has 4 nitrogen and oxygen atoms in total. The molecule has 5 aromatic rings. The predicted molar refractivity (Wildman–Crippen MR) is 141 cm³/mol. The topological polar surface area (TPSA) is 63.3 Å². The van der Waals surface area contributed by atoms with Crippen molar-refractivity contribution in [1.29, 1.82) is 0 Å². The summed E-state index contributed by atoms with van der Waals surface area (Å²) in [4.78, 5) is 16.1. The Kier molecular flexibility index (Phi) is 7.19. The van der Waals surface area contributed by atoms with Crippen LogP contribution >= 0.6 is 0 Å². The third-order valence-electron chi connectivity index (χ3n) is 6.09. The molecule has 0 saturated carbocycles. The maximum Gasteiger partial charge on any atom is 0.164 e. The molecule has 0 atom stereocenters. The van der Waals surface area contributed by atoms with E-state index in [2.05, 4.69) is 43.1 Å². The number of ketones is 1. The van der Waals surface area contributed by atoms with Gasteiger partial charge in [-0.1, -0.05) is 72.9 Å². The first-order valence-corrected chi connectivity index (χ1v) is 11.6. The molecule has 5 heteroatoms. The first-order chi connectivity index (χ1) is 15.8. The van der Waals surface area contributed by atoms with Crippen molar-refractivity contribution in [1.82, 2.24) is 4.98 Å². The van der Waals surface area contributed by atoms with Crippen LogP contribution < -0.4 is 0 Å². The van der Waals surface area contributed by atoms with Crippen molar-refractivity contribution in [3.05, 3.63) is 65.6 Å². The normalized spacial score (nSPS) is 12.7. The Morgan fingerprint density at radius 3 is 2.26 bits per heavy atom. The van der Waals surface area contributed by atoms with E-state index in [9.17, 15) is 9.90 Å². The van der Waals surface area contributed by atoms with E-state index < -0.39 is 5.41 Å². The fraction of sp³-hybridized carbons (Fsp3) is 0.333. The van der Waals surface area contributed by atoms with Crippen LogP contribution in [-0.4, -0.2) is 15.9 Å². The molecule has 1 N–H and O–H groups in total. The Labute approximate surface area is 220 Å². The van der Waals surface area contributed by atoms with E-state index in [4.69, 9.17) is 4.42 Å². The number of pyridine rings is 1. The maximum absolute atomic E-state index is 11.5. The minimum atomic E-state index is -0.417. The SMILES string of the molecule is CC(C)(C)C(=O)/C=C(\O)C(C)(C)C.Cc1[c-]c2c3nccc4oc5cccc(c2c(C)c1)c5c43.[Ir]. The summed E-state index contributed by atoms with van der Waals surface area (Å²) in [6, 6.07) is 13.9. The molecule has 0 fully saturated rings. The van der Waals surface area contributed by atoms with Gasteiger partial charge in [0.1, 0.15) is 16.9 Å². The molecule has 35 heavy (non-hydrogen) atoms. The quantitative estimate of drug-likeness (QED) is 0.0863. The zero-order chi connectivity index (χ0) is 25.0. The fourth-order valence-corrected chi connectivity index (χ4v) is 4.13. The second kappa shape index (κ2) is 9.37. The summed E-state index contributed by atoms with van der Waals surface area (Å²) >= 11 is 0. The Morgan fingerprint density at radius 2 is 1.63 bits per heavy atom. The summed E-state index contributed by atoms with van der Waals surface area (Å²) in [7, 11) is 0. The van der Waals surface area contributed by atoms with Crippen LogP contribution in [0.5, 0.6) is 0 Å². The molecular formula is C30H32IrNO3-. The second-order valence-electron chi connectivity index (χ2n) is 11.1. The minimum Gasteiger partial charge on any atom is -0.512 e. The van der Waals surface area contributed by atoms with Gasteiger partial charge in [0.2, 0.25) is 0 Å². The summed E-state index contributed by atoms with van der Waals surface area (Å²) in [6.45, 7) is 15.4. The molecular weight excluding hydrogens is 615 g/mol. The van der Waals surface area contributed by atoms with Gasteiger partial charge < -0.3 is 14.5 Å². The average molecular weight is 647 g/mol. The summed E-state index contributed by atoms with van der Waals surface area (Å²) in [5, 5.41) is 15.4. The number of aromatic nitrogens is 1. The first kappa shape index (κ1) is 26.8. The van der Waals surface area contributed by atoms with Crippen molar-refractivity contribution < 1.29 is 34.4 Å². The van der Waals surface area contributed by atoms with Crippen LogP contribution in [0.4, 0.5) is 0 Å². The van der Waals surface area contributed by atoms with Crippen molar-refractivity contribution in [3.8, 4) is 0 Å². The standard InChI is InChI=1S/C19H12NO.C11H20O2.Ir/c1-10-8-11(2)16-12-4-3-5-14-17(12)18-15(21-14)6-7-20-19(18)13(16)9-10;1-10(2,3)8(12)7-9(13)11(4,5)6;/h3-8H,1-2H3;7,12H,1-6H3;/q-1;;/b;8-7-;. The summed E-state index contributed by atoms with van der Waals surface area (Å²) in [5.41, 5.74) is 4.47. The van der Waals surface area contributed by atoms with Crippen LogP contribution in [0.15, 0.2) is 52.8 Å². The van der Waals surface area contributed by atoms with Gasteiger partial charge in [-0.2, -0.15) is 0 Å². The third-order valence-corrected chi connectivity index (χ3v) is 6.09. The van der Waals surface area contributed by atoms with Crippen LogP contribution in [0.25, 0.3) is 43.6 Å².